The first-order chi connectivity index (χ1) is 11.9. The molecule has 0 bridgehead atoms. The third-order valence-electron chi connectivity index (χ3n) is 5.49. The predicted molar refractivity (Wildman–Crippen MR) is 91.6 cm³/mol. The number of carbonyl (C=O) groups is 3. The molecule has 2 fully saturated rings. The van der Waals surface area contributed by atoms with E-state index in [4.69, 9.17) is 4.74 Å². The molecule has 0 aromatic carbocycles. The summed E-state index contributed by atoms with van der Waals surface area (Å²) in [6, 6.07) is 0. The van der Waals surface area contributed by atoms with E-state index in [0.717, 1.165) is 18.0 Å². The maximum absolute atomic E-state index is 12.4. The van der Waals surface area contributed by atoms with Crippen LogP contribution in [0, 0.1) is 11.8 Å². The third-order valence-corrected chi connectivity index (χ3v) is 5.49. The Morgan fingerprint density at radius 3 is 2.28 bits per heavy atom. The van der Waals surface area contributed by atoms with Crippen molar-refractivity contribution in [2.45, 2.75) is 32.2 Å². The van der Waals surface area contributed by atoms with Gasteiger partial charge in [0.15, 0.2) is 0 Å². The van der Waals surface area contributed by atoms with Crippen molar-refractivity contribution in [1.29, 1.82) is 0 Å². The molecule has 25 heavy (non-hydrogen) atoms. The normalized spacial score (nSPS) is 27.5. The van der Waals surface area contributed by atoms with Gasteiger partial charge < -0.3 is 10.1 Å². The monoisotopic (exact) mass is 349 g/mol. The fraction of sp³-hybridized carbons (Fsp3) is 0.722. The molecule has 138 valence electrons. The molecule has 0 spiro atoms. The van der Waals surface area contributed by atoms with Gasteiger partial charge in [0, 0.05) is 25.2 Å². The lowest BCUT2D eigenvalue weighted by atomic mass is 9.85. The van der Waals surface area contributed by atoms with Crippen LogP contribution in [0.15, 0.2) is 12.2 Å². The van der Waals surface area contributed by atoms with Gasteiger partial charge in [0.05, 0.1) is 25.0 Å². The molecule has 1 N–H and O–H groups in total. The Morgan fingerprint density at radius 2 is 1.72 bits per heavy atom. The number of rotatable bonds is 5. The highest BCUT2D eigenvalue weighted by atomic mass is 16.5. The van der Waals surface area contributed by atoms with Gasteiger partial charge in [0.25, 0.3) is 0 Å². The molecule has 3 rings (SSSR count). The van der Waals surface area contributed by atoms with E-state index in [1.54, 1.807) is 0 Å². The quantitative estimate of drug-likeness (QED) is 0.565. The number of hydrogen-bond acceptors (Lipinski definition) is 5. The zero-order chi connectivity index (χ0) is 18.0. The number of allylic oxidation sites excluding steroid dienone is 2. The number of nitrogens with one attached hydrogen (secondary N) is 1. The molecule has 2 unspecified atom stereocenters. The highest BCUT2D eigenvalue weighted by molar-refractivity contribution is 6.07. The van der Waals surface area contributed by atoms with Gasteiger partial charge in [-0.3, -0.25) is 24.2 Å². The molecule has 3 amide bonds. The molecule has 2 aliphatic heterocycles. The Bertz CT molecular complexity index is 555. The van der Waals surface area contributed by atoms with Crippen LogP contribution in [0.25, 0.3) is 0 Å². The van der Waals surface area contributed by atoms with Gasteiger partial charge >= 0.3 is 0 Å². The van der Waals surface area contributed by atoms with Gasteiger partial charge in [-0.1, -0.05) is 12.2 Å². The van der Waals surface area contributed by atoms with Crippen LogP contribution in [0.5, 0.6) is 0 Å². The van der Waals surface area contributed by atoms with E-state index in [1.807, 2.05) is 12.2 Å². The Kier molecular flexibility index (Phi) is 5.24. The van der Waals surface area contributed by atoms with Crippen molar-refractivity contribution in [2.24, 2.45) is 11.8 Å². The van der Waals surface area contributed by atoms with E-state index in [1.165, 1.54) is 0 Å². The SMILES string of the molecule is CC(C)(CNC(=O)CN1C(=O)C2CC=CCC2C1=O)N1CCOCC1. The van der Waals surface area contributed by atoms with E-state index < -0.39 is 0 Å². The maximum Gasteiger partial charge on any atom is 0.240 e. The van der Waals surface area contributed by atoms with Crippen LogP contribution >= 0.6 is 0 Å². The molecule has 0 radical (unpaired) electrons. The largest absolute Gasteiger partial charge is 0.379 e. The number of morpholine rings is 1. The van der Waals surface area contributed by atoms with Gasteiger partial charge in [-0.05, 0) is 26.7 Å². The van der Waals surface area contributed by atoms with Gasteiger partial charge in [0.1, 0.15) is 6.54 Å². The lowest BCUT2D eigenvalue weighted by Crippen LogP contribution is -2.56. The van der Waals surface area contributed by atoms with E-state index in [9.17, 15) is 14.4 Å². The summed E-state index contributed by atoms with van der Waals surface area (Å²) in [5, 5.41) is 2.89. The molecule has 7 heteroatoms. The Balaban J connectivity index is 1.52. The van der Waals surface area contributed by atoms with E-state index in [-0.39, 0.29) is 41.6 Å². The van der Waals surface area contributed by atoms with Crippen LogP contribution in [-0.4, -0.2) is 72.5 Å². The number of carbonyl (C=O) groups excluding carboxylic acids is 3. The van der Waals surface area contributed by atoms with E-state index in [2.05, 4.69) is 24.1 Å². The summed E-state index contributed by atoms with van der Waals surface area (Å²) in [6.07, 6.45) is 5.08. The van der Waals surface area contributed by atoms with Crippen molar-refractivity contribution in [2.75, 3.05) is 39.4 Å². The second-order valence-corrected chi connectivity index (χ2v) is 7.61. The first-order valence-corrected chi connectivity index (χ1v) is 9.00. The lowest BCUT2D eigenvalue weighted by molar-refractivity contribution is -0.143. The standard InChI is InChI=1S/C18H27N3O4/c1-18(2,20-7-9-25-10-8-20)12-19-15(22)11-21-16(23)13-5-3-4-6-14(13)17(21)24/h3-4,13-14H,5-12H2,1-2H3,(H,19,22). The zero-order valence-electron chi connectivity index (χ0n) is 15.0. The summed E-state index contributed by atoms with van der Waals surface area (Å²) < 4.78 is 5.36. The highest BCUT2D eigenvalue weighted by Gasteiger charge is 2.47. The molecule has 7 nitrogen and oxygen atoms in total. The van der Waals surface area contributed by atoms with Crippen molar-refractivity contribution < 1.29 is 19.1 Å². The minimum atomic E-state index is -0.283. The first kappa shape index (κ1) is 18.1. The average molecular weight is 349 g/mol. The van der Waals surface area contributed by atoms with Gasteiger partial charge in [-0.25, -0.2) is 0 Å². The van der Waals surface area contributed by atoms with Crippen LogP contribution in [-0.2, 0) is 19.1 Å². The fourth-order valence-electron chi connectivity index (χ4n) is 3.82. The molecule has 3 aliphatic rings. The van der Waals surface area contributed by atoms with Crippen LogP contribution in [0.3, 0.4) is 0 Å². The maximum atomic E-state index is 12.4. The molecular formula is C18H27N3O4. The average Bonchev–Trinajstić information content (AvgIpc) is 2.86. The van der Waals surface area contributed by atoms with Crippen molar-refractivity contribution in [3.8, 4) is 0 Å². The smallest absolute Gasteiger partial charge is 0.240 e. The summed E-state index contributed by atoms with van der Waals surface area (Å²) in [4.78, 5) is 40.5. The number of hydrogen-bond donors (Lipinski definition) is 1. The third kappa shape index (κ3) is 3.77. The molecule has 0 saturated carbocycles. The number of nitrogens with zero attached hydrogens (tertiary/aromatic N) is 2. The van der Waals surface area contributed by atoms with E-state index >= 15 is 0 Å². The molecular weight excluding hydrogens is 322 g/mol. The predicted octanol–water partition coefficient (Wildman–Crippen LogP) is 0.165. The van der Waals surface area contributed by atoms with Crippen molar-refractivity contribution in [3.63, 3.8) is 0 Å². The second kappa shape index (κ2) is 7.25. The minimum Gasteiger partial charge on any atom is -0.379 e. The van der Waals surface area contributed by atoms with Crippen LogP contribution in [0.4, 0.5) is 0 Å². The molecule has 0 aromatic heterocycles. The van der Waals surface area contributed by atoms with E-state index in [0.29, 0.717) is 32.6 Å². The van der Waals surface area contributed by atoms with Gasteiger partial charge in [0.2, 0.25) is 17.7 Å². The topological polar surface area (TPSA) is 79.0 Å². The summed E-state index contributed by atoms with van der Waals surface area (Å²) in [5.74, 6) is -1.26. The van der Waals surface area contributed by atoms with Gasteiger partial charge in [-0.2, -0.15) is 0 Å². The fourth-order valence-corrected chi connectivity index (χ4v) is 3.82. The molecule has 0 aromatic rings. The van der Waals surface area contributed by atoms with Crippen molar-refractivity contribution in [1.82, 2.24) is 15.1 Å². The number of ether oxygens (including phenoxy) is 1. The Hall–Kier alpha value is -1.73. The summed E-state index contributed by atoms with van der Waals surface area (Å²) in [6.45, 7) is 7.51. The number of likely N-dealkylation sites (tertiary alicyclic amines) is 1. The lowest BCUT2D eigenvalue weighted by Gasteiger charge is -2.40. The van der Waals surface area contributed by atoms with Crippen molar-refractivity contribution >= 4 is 17.7 Å². The Labute approximate surface area is 148 Å². The number of amides is 3. The van der Waals surface area contributed by atoms with Crippen LogP contribution < -0.4 is 5.32 Å². The highest BCUT2D eigenvalue weighted by Crippen LogP contribution is 2.34. The number of fused-ring (bicyclic) bond motifs is 1. The molecule has 1 aliphatic carbocycles. The second-order valence-electron chi connectivity index (χ2n) is 7.61. The van der Waals surface area contributed by atoms with Crippen LogP contribution in [0.1, 0.15) is 26.7 Å². The number of imide groups is 1. The molecule has 2 heterocycles. The van der Waals surface area contributed by atoms with Crippen LogP contribution in [0.2, 0.25) is 0 Å². The summed E-state index contributed by atoms with van der Waals surface area (Å²) in [7, 11) is 0. The summed E-state index contributed by atoms with van der Waals surface area (Å²) in [5.41, 5.74) is -0.198. The van der Waals surface area contributed by atoms with Crippen molar-refractivity contribution in [3.05, 3.63) is 12.2 Å². The van der Waals surface area contributed by atoms with Gasteiger partial charge in [-0.15, -0.1) is 0 Å². The minimum absolute atomic E-state index is 0.177. The first-order valence-electron chi connectivity index (χ1n) is 9.00. The zero-order valence-corrected chi connectivity index (χ0v) is 15.0. The molecule has 2 atom stereocenters. The Morgan fingerprint density at radius 1 is 1.16 bits per heavy atom. The summed E-state index contributed by atoms with van der Waals surface area (Å²) >= 11 is 0. The molecule has 2 saturated heterocycles.